The number of phenolic OH excluding ortho intramolecular Hbond substituents is 1. The third-order valence-corrected chi connectivity index (χ3v) is 4.28. The van der Waals surface area contributed by atoms with E-state index >= 15 is 0 Å². The molecule has 1 atom stereocenters. The van der Waals surface area contributed by atoms with Crippen LogP contribution in [0.4, 0.5) is 11.4 Å². The summed E-state index contributed by atoms with van der Waals surface area (Å²) in [6.45, 7) is 2.13. The highest BCUT2D eigenvalue weighted by atomic mass is 16.3. The topological polar surface area (TPSA) is 35.5 Å². The SMILES string of the molecule is Cc1ccc(NC2CCc3c(O)cccc32)cc1N(C)C. The second-order valence-electron chi connectivity index (χ2n) is 5.98. The van der Waals surface area contributed by atoms with Crippen LogP contribution in [0.25, 0.3) is 0 Å². The van der Waals surface area contributed by atoms with Gasteiger partial charge < -0.3 is 15.3 Å². The Morgan fingerprint density at radius 2 is 2.00 bits per heavy atom. The van der Waals surface area contributed by atoms with E-state index in [1.807, 2.05) is 6.07 Å². The Morgan fingerprint density at radius 3 is 2.76 bits per heavy atom. The molecule has 0 amide bonds. The van der Waals surface area contributed by atoms with Gasteiger partial charge in [0, 0.05) is 25.5 Å². The van der Waals surface area contributed by atoms with Crippen molar-refractivity contribution in [2.24, 2.45) is 0 Å². The van der Waals surface area contributed by atoms with Crippen LogP contribution in [0.15, 0.2) is 36.4 Å². The summed E-state index contributed by atoms with van der Waals surface area (Å²) in [5.41, 5.74) is 5.95. The lowest BCUT2D eigenvalue weighted by Crippen LogP contribution is -2.12. The predicted octanol–water partition coefficient (Wildman–Crippen LogP) is 3.87. The molecule has 0 bridgehead atoms. The highest BCUT2D eigenvalue weighted by molar-refractivity contribution is 5.63. The van der Waals surface area contributed by atoms with Crippen molar-refractivity contribution >= 4 is 11.4 Å². The van der Waals surface area contributed by atoms with Gasteiger partial charge in [0.1, 0.15) is 5.75 Å². The normalized spacial score (nSPS) is 16.6. The molecule has 0 saturated carbocycles. The number of aryl methyl sites for hydroxylation is 1. The van der Waals surface area contributed by atoms with E-state index in [-0.39, 0.29) is 6.04 Å². The average Bonchev–Trinajstić information content (AvgIpc) is 2.85. The maximum Gasteiger partial charge on any atom is 0.119 e. The van der Waals surface area contributed by atoms with Crippen LogP contribution in [-0.4, -0.2) is 19.2 Å². The Morgan fingerprint density at radius 1 is 1.19 bits per heavy atom. The number of aromatic hydroxyl groups is 1. The van der Waals surface area contributed by atoms with Crippen LogP contribution in [0.5, 0.6) is 5.75 Å². The van der Waals surface area contributed by atoms with E-state index in [9.17, 15) is 5.11 Å². The molecule has 3 nitrogen and oxygen atoms in total. The van der Waals surface area contributed by atoms with Gasteiger partial charge in [-0.1, -0.05) is 18.2 Å². The smallest absolute Gasteiger partial charge is 0.119 e. The molecule has 2 aromatic rings. The zero-order valence-corrected chi connectivity index (χ0v) is 12.9. The molecule has 0 heterocycles. The van der Waals surface area contributed by atoms with Crippen LogP contribution < -0.4 is 10.2 Å². The minimum Gasteiger partial charge on any atom is -0.508 e. The molecule has 110 valence electrons. The summed E-state index contributed by atoms with van der Waals surface area (Å²) in [6.07, 6.45) is 1.96. The number of nitrogens with one attached hydrogen (secondary N) is 1. The summed E-state index contributed by atoms with van der Waals surface area (Å²) in [5.74, 6) is 0.426. The van der Waals surface area contributed by atoms with Gasteiger partial charge >= 0.3 is 0 Å². The Balaban J connectivity index is 1.87. The first-order valence-electron chi connectivity index (χ1n) is 7.41. The molecule has 1 aliphatic rings. The van der Waals surface area contributed by atoms with Gasteiger partial charge in [0.15, 0.2) is 0 Å². The van der Waals surface area contributed by atoms with Gasteiger partial charge in [-0.25, -0.2) is 0 Å². The van der Waals surface area contributed by atoms with Crippen LogP contribution in [0.3, 0.4) is 0 Å². The molecule has 21 heavy (non-hydrogen) atoms. The molecule has 0 fully saturated rings. The van der Waals surface area contributed by atoms with Gasteiger partial charge in [-0.2, -0.15) is 0 Å². The van der Waals surface area contributed by atoms with E-state index in [4.69, 9.17) is 0 Å². The number of anilines is 2. The molecule has 0 spiro atoms. The molecule has 3 rings (SSSR count). The van der Waals surface area contributed by atoms with Crippen LogP contribution >= 0.6 is 0 Å². The second-order valence-corrected chi connectivity index (χ2v) is 5.98. The fourth-order valence-corrected chi connectivity index (χ4v) is 3.17. The Labute approximate surface area is 126 Å². The van der Waals surface area contributed by atoms with Crippen molar-refractivity contribution in [1.29, 1.82) is 0 Å². The maximum atomic E-state index is 9.93. The summed E-state index contributed by atoms with van der Waals surface area (Å²) in [5, 5.41) is 13.5. The number of nitrogens with zero attached hydrogens (tertiary/aromatic N) is 1. The standard InChI is InChI=1S/C18H22N2O/c1-12-7-8-13(11-17(12)20(2)3)19-16-10-9-15-14(16)5-4-6-18(15)21/h4-8,11,16,19,21H,9-10H2,1-3H3. The zero-order valence-electron chi connectivity index (χ0n) is 12.9. The molecular formula is C18H22N2O. The minimum absolute atomic E-state index is 0.282. The Kier molecular flexibility index (Phi) is 3.50. The lowest BCUT2D eigenvalue weighted by Gasteiger charge is -2.20. The summed E-state index contributed by atoms with van der Waals surface area (Å²) in [7, 11) is 4.13. The summed E-state index contributed by atoms with van der Waals surface area (Å²) < 4.78 is 0. The van der Waals surface area contributed by atoms with Crippen LogP contribution in [0.1, 0.15) is 29.2 Å². The van der Waals surface area contributed by atoms with Crippen molar-refractivity contribution in [3.63, 3.8) is 0 Å². The number of benzene rings is 2. The molecular weight excluding hydrogens is 260 g/mol. The van der Waals surface area contributed by atoms with Crippen LogP contribution in [0.2, 0.25) is 0 Å². The van der Waals surface area contributed by atoms with Crippen molar-refractivity contribution in [3.05, 3.63) is 53.1 Å². The Bertz CT molecular complexity index is 664. The predicted molar refractivity (Wildman–Crippen MR) is 88.3 cm³/mol. The number of rotatable bonds is 3. The largest absolute Gasteiger partial charge is 0.508 e. The van der Waals surface area contributed by atoms with Crippen molar-refractivity contribution in [2.45, 2.75) is 25.8 Å². The molecule has 1 aliphatic carbocycles. The third kappa shape index (κ3) is 2.56. The molecule has 0 saturated heterocycles. The van der Waals surface area contributed by atoms with Gasteiger partial charge in [0.2, 0.25) is 0 Å². The van der Waals surface area contributed by atoms with Crippen LogP contribution in [0, 0.1) is 6.92 Å². The first kappa shape index (κ1) is 13.8. The zero-order chi connectivity index (χ0) is 15.0. The summed E-state index contributed by atoms with van der Waals surface area (Å²) in [6, 6.07) is 12.6. The highest BCUT2D eigenvalue weighted by Gasteiger charge is 2.24. The van der Waals surface area contributed by atoms with Gasteiger partial charge in [-0.3, -0.25) is 0 Å². The van der Waals surface area contributed by atoms with Crippen molar-refractivity contribution in [1.82, 2.24) is 0 Å². The molecule has 2 N–H and O–H groups in total. The van der Waals surface area contributed by atoms with E-state index in [0.717, 1.165) is 24.1 Å². The van der Waals surface area contributed by atoms with Gasteiger partial charge in [-0.15, -0.1) is 0 Å². The minimum atomic E-state index is 0.282. The molecule has 0 aliphatic heterocycles. The van der Waals surface area contributed by atoms with Crippen LogP contribution in [-0.2, 0) is 6.42 Å². The van der Waals surface area contributed by atoms with E-state index in [1.165, 1.54) is 16.8 Å². The van der Waals surface area contributed by atoms with E-state index in [1.54, 1.807) is 6.07 Å². The van der Waals surface area contributed by atoms with Crippen molar-refractivity contribution in [3.8, 4) is 5.75 Å². The maximum absolute atomic E-state index is 9.93. The molecule has 0 aromatic heterocycles. The fraction of sp³-hybridized carbons (Fsp3) is 0.333. The van der Waals surface area contributed by atoms with Gasteiger partial charge in [0.05, 0.1) is 6.04 Å². The first-order valence-corrected chi connectivity index (χ1v) is 7.41. The molecule has 1 unspecified atom stereocenters. The monoisotopic (exact) mass is 282 g/mol. The number of hydrogen-bond donors (Lipinski definition) is 2. The van der Waals surface area contributed by atoms with Gasteiger partial charge in [0.25, 0.3) is 0 Å². The number of fused-ring (bicyclic) bond motifs is 1. The van der Waals surface area contributed by atoms with E-state index in [0.29, 0.717) is 5.75 Å². The van der Waals surface area contributed by atoms with Crippen molar-refractivity contribution in [2.75, 3.05) is 24.3 Å². The molecule has 2 aromatic carbocycles. The van der Waals surface area contributed by atoms with E-state index < -0.39 is 0 Å². The lowest BCUT2D eigenvalue weighted by molar-refractivity contribution is 0.469. The highest BCUT2D eigenvalue weighted by Crippen LogP contribution is 2.38. The first-order chi connectivity index (χ1) is 10.1. The number of hydrogen-bond acceptors (Lipinski definition) is 3. The molecule has 0 radical (unpaired) electrons. The summed E-state index contributed by atoms with van der Waals surface area (Å²) in [4.78, 5) is 2.13. The molecule has 3 heteroatoms. The van der Waals surface area contributed by atoms with E-state index in [2.05, 4.69) is 55.5 Å². The average molecular weight is 282 g/mol. The quantitative estimate of drug-likeness (QED) is 0.897. The van der Waals surface area contributed by atoms with Crippen molar-refractivity contribution < 1.29 is 5.11 Å². The fourth-order valence-electron chi connectivity index (χ4n) is 3.17. The lowest BCUT2D eigenvalue weighted by atomic mass is 10.1. The number of phenols is 1. The Hall–Kier alpha value is -2.16. The third-order valence-electron chi connectivity index (χ3n) is 4.28. The van der Waals surface area contributed by atoms with Gasteiger partial charge in [-0.05, 0) is 54.7 Å². The summed E-state index contributed by atoms with van der Waals surface area (Å²) >= 11 is 0. The second kappa shape index (κ2) is 5.32.